The molecule has 0 aromatic rings. The van der Waals surface area contributed by atoms with E-state index in [1.807, 2.05) is 6.92 Å². The van der Waals surface area contributed by atoms with Crippen molar-refractivity contribution in [3.05, 3.63) is 0 Å². The normalized spacial score (nSPS) is 14.9. The minimum atomic E-state index is -0.788. The van der Waals surface area contributed by atoms with Crippen LogP contribution in [-0.2, 0) is 9.53 Å². The van der Waals surface area contributed by atoms with Crippen LogP contribution in [0, 0.1) is 5.92 Å². The van der Waals surface area contributed by atoms with E-state index in [4.69, 9.17) is 9.84 Å². The molecule has 0 amide bonds. The van der Waals surface area contributed by atoms with Gasteiger partial charge in [0.1, 0.15) is 0 Å². The summed E-state index contributed by atoms with van der Waals surface area (Å²) < 4.78 is 5.52. The van der Waals surface area contributed by atoms with Crippen molar-refractivity contribution >= 4 is 5.97 Å². The zero-order valence-corrected chi connectivity index (χ0v) is 10.2. The van der Waals surface area contributed by atoms with Gasteiger partial charge >= 0.3 is 5.97 Å². The summed E-state index contributed by atoms with van der Waals surface area (Å²) in [5, 5.41) is 8.57. The Morgan fingerprint density at radius 3 is 2.53 bits per heavy atom. The number of unbranched alkanes of at least 4 members (excludes halogenated alkanes) is 1. The molecule has 90 valence electrons. The van der Waals surface area contributed by atoms with Crippen LogP contribution in [0.4, 0.5) is 0 Å². The molecule has 3 heteroatoms. The van der Waals surface area contributed by atoms with Gasteiger partial charge in [-0.25, -0.2) is 0 Å². The molecule has 0 saturated heterocycles. The molecule has 0 rings (SSSR count). The predicted molar refractivity (Wildman–Crippen MR) is 61.0 cm³/mol. The Labute approximate surface area is 92.8 Å². The highest BCUT2D eigenvalue weighted by molar-refractivity contribution is 5.67. The van der Waals surface area contributed by atoms with E-state index in [0.29, 0.717) is 12.5 Å². The second-order valence-corrected chi connectivity index (χ2v) is 4.16. The molecular weight excluding hydrogens is 192 g/mol. The first-order valence-corrected chi connectivity index (χ1v) is 5.93. The van der Waals surface area contributed by atoms with Crippen molar-refractivity contribution in [3.63, 3.8) is 0 Å². The van der Waals surface area contributed by atoms with Crippen molar-refractivity contribution < 1.29 is 14.6 Å². The molecule has 0 aliphatic carbocycles. The number of carboxylic acid groups (broad SMARTS) is 1. The fourth-order valence-corrected chi connectivity index (χ4v) is 1.50. The lowest BCUT2D eigenvalue weighted by atomic mass is 10.0. The zero-order chi connectivity index (χ0) is 11.7. The smallest absolute Gasteiger partial charge is 0.305 e. The first-order chi connectivity index (χ1) is 7.10. The largest absolute Gasteiger partial charge is 0.481 e. The zero-order valence-electron chi connectivity index (χ0n) is 10.2. The molecule has 0 aromatic carbocycles. The van der Waals surface area contributed by atoms with Gasteiger partial charge in [0.2, 0.25) is 0 Å². The molecule has 0 bridgehead atoms. The first kappa shape index (κ1) is 14.4. The fraction of sp³-hybridized carbons (Fsp3) is 0.917. The number of ether oxygens (including phenoxy) is 1. The van der Waals surface area contributed by atoms with E-state index in [-0.39, 0.29) is 12.5 Å². The molecule has 0 aliphatic rings. The van der Waals surface area contributed by atoms with Crippen molar-refractivity contribution in [1.29, 1.82) is 0 Å². The average Bonchev–Trinajstić information content (AvgIpc) is 2.17. The number of hydrogen-bond acceptors (Lipinski definition) is 2. The highest BCUT2D eigenvalue weighted by Gasteiger charge is 2.11. The molecule has 0 radical (unpaired) electrons. The third kappa shape index (κ3) is 8.43. The van der Waals surface area contributed by atoms with E-state index in [0.717, 1.165) is 6.42 Å². The number of carbonyl (C=O) groups is 1. The van der Waals surface area contributed by atoms with Gasteiger partial charge in [-0.3, -0.25) is 4.79 Å². The number of hydrogen-bond donors (Lipinski definition) is 1. The summed E-state index contributed by atoms with van der Waals surface area (Å²) in [4.78, 5) is 10.4. The number of aliphatic carboxylic acids is 1. The van der Waals surface area contributed by atoms with Crippen molar-refractivity contribution in [2.45, 2.75) is 59.0 Å². The highest BCUT2D eigenvalue weighted by Crippen LogP contribution is 2.14. The van der Waals surface area contributed by atoms with Crippen LogP contribution in [0.5, 0.6) is 0 Å². The van der Waals surface area contributed by atoms with E-state index in [2.05, 4.69) is 13.8 Å². The van der Waals surface area contributed by atoms with Crippen molar-refractivity contribution in [1.82, 2.24) is 0 Å². The van der Waals surface area contributed by atoms with Gasteiger partial charge in [0.05, 0.1) is 12.5 Å². The monoisotopic (exact) mass is 216 g/mol. The van der Waals surface area contributed by atoms with Crippen LogP contribution in [0.15, 0.2) is 0 Å². The van der Waals surface area contributed by atoms with Crippen LogP contribution in [0.2, 0.25) is 0 Å². The van der Waals surface area contributed by atoms with Gasteiger partial charge in [-0.1, -0.05) is 33.1 Å². The van der Waals surface area contributed by atoms with E-state index in [1.54, 1.807) is 0 Å². The summed E-state index contributed by atoms with van der Waals surface area (Å²) in [5.74, 6) is -0.203. The van der Waals surface area contributed by atoms with Gasteiger partial charge < -0.3 is 9.84 Å². The Balaban J connectivity index is 3.64. The van der Waals surface area contributed by atoms with E-state index >= 15 is 0 Å². The van der Waals surface area contributed by atoms with Gasteiger partial charge in [0.25, 0.3) is 0 Å². The summed E-state index contributed by atoms with van der Waals surface area (Å²) in [5.41, 5.74) is 0. The molecule has 0 aromatic heterocycles. The van der Waals surface area contributed by atoms with Crippen LogP contribution in [0.25, 0.3) is 0 Å². The number of rotatable bonds is 9. The highest BCUT2D eigenvalue weighted by atomic mass is 16.5. The lowest BCUT2D eigenvalue weighted by Crippen LogP contribution is -2.18. The minimum Gasteiger partial charge on any atom is -0.481 e. The second-order valence-electron chi connectivity index (χ2n) is 4.16. The molecule has 15 heavy (non-hydrogen) atoms. The Morgan fingerprint density at radius 1 is 1.40 bits per heavy atom. The van der Waals surface area contributed by atoms with Gasteiger partial charge in [-0.15, -0.1) is 0 Å². The van der Waals surface area contributed by atoms with Gasteiger partial charge in [0.15, 0.2) is 0 Å². The average molecular weight is 216 g/mol. The lowest BCUT2D eigenvalue weighted by molar-refractivity contribution is -0.140. The summed E-state index contributed by atoms with van der Waals surface area (Å²) in [6.07, 6.45) is 4.67. The Hall–Kier alpha value is -0.570. The quantitative estimate of drug-likeness (QED) is 0.644. The summed E-state index contributed by atoms with van der Waals surface area (Å²) in [6.45, 7) is 6.86. The van der Waals surface area contributed by atoms with Gasteiger partial charge in [0, 0.05) is 6.61 Å². The van der Waals surface area contributed by atoms with Crippen molar-refractivity contribution in [2.75, 3.05) is 6.61 Å². The van der Waals surface area contributed by atoms with Gasteiger partial charge in [-0.05, 0) is 19.3 Å². The Morgan fingerprint density at radius 2 is 2.07 bits per heavy atom. The minimum absolute atomic E-state index is 0.101. The second kappa shape index (κ2) is 8.72. The SMILES string of the molecule is CCCCC(CC)COC(C)CC(=O)O. The topological polar surface area (TPSA) is 46.5 Å². The third-order valence-electron chi connectivity index (χ3n) is 2.62. The van der Waals surface area contributed by atoms with Crippen LogP contribution in [0.3, 0.4) is 0 Å². The summed E-state index contributed by atoms with van der Waals surface area (Å²) >= 11 is 0. The Kier molecular flexibility index (Phi) is 8.38. The first-order valence-electron chi connectivity index (χ1n) is 5.93. The molecule has 0 spiro atoms. The predicted octanol–water partition coefficient (Wildman–Crippen LogP) is 3.08. The molecular formula is C12H24O3. The van der Waals surface area contributed by atoms with Crippen molar-refractivity contribution in [2.24, 2.45) is 5.92 Å². The maximum absolute atomic E-state index is 10.4. The molecule has 0 heterocycles. The maximum Gasteiger partial charge on any atom is 0.305 e. The van der Waals surface area contributed by atoms with Gasteiger partial charge in [-0.2, -0.15) is 0 Å². The molecule has 0 fully saturated rings. The molecule has 0 aliphatic heterocycles. The van der Waals surface area contributed by atoms with Crippen LogP contribution >= 0.6 is 0 Å². The van der Waals surface area contributed by atoms with Crippen LogP contribution < -0.4 is 0 Å². The molecule has 1 N–H and O–H groups in total. The molecule has 0 saturated carbocycles. The lowest BCUT2D eigenvalue weighted by Gasteiger charge is -2.17. The van der Waals surface area contributed by atoms with E-state index in [9.17, 15) is 4.79 Å². The molecule has 2 unspecified atom stereocenters. The van der Waals surface area contributed by atoms with E-state index in [1.165, 1.54) is 19.3 Å². The summed E-state index contributed by atoms with van der Waals surface area (Å²) in [7, 11) is 0. The van der Waals surface area contributed by atoms with E-state index < -0.39 is 5.97 Å². The third-order valence-corrected chi connectivity index (χ3v) is 2.62. The summed E-state index contributed by atoms with van der Waals surface area (Å²) in [6, 6.07) is 0. The van der Waals surface area contributed by atoms with Crippen LogP contribution in [-0.4, -0.2) is 23.8 Å². The molecule has 3 nitrogen and oxygen atoms in total. The molecule has 2 atom stereocenters. The standard InChI is InChI=1S/C12H24O3/c1-4-6-7-11(5-2)9-15-10(3)8-12(13)14/h10-11H,4-9H2,1-3H3,(H,13,14). The van der Waals surface area contributed by atoms with Crippen molar-refractivity contribution in [3.8, 4) is 0 Å². The fourth-order valence-electron chi connectivity index (χ4n) is 1.50. The maximum atomic E-state index is 10.4. The van der Waals surface area contributed by atoms with Crippen LogP contribution in [0.1, 0.15) is 52.9 Å². The Bertz CT molecular complexity index is 168. The number of carboxylic acids is 1.